The quantitative estimate of drug-likeness (QED) is 0.878. The van der Waals surface area contributed by atoms with Gasteiger partial charge in [-0.05, 0) is 30.5 Å². The SMILES string of the molecule is Cn1nc(CCc2cccc(F)c2)c(C(=O)O)c1N. The Morgan fingerprint density at radius 2 is 2.21 bits per heavy atom. The van der Waals surface area contributed by atoms with Crippen LogP contribution in [0.3, 0.4) is 0 Å². The molecule has 0 aliphatic heterocycles. The second kappa shape index (κ2) is 5.09. The number of rotatable bonds is 4. The Labute approximate surface area is 109 Å². The zero-order chi connectivity index (χ0) is 14.0. The van der Waals surface area contributed by atoms with Crippen molar-refractivity contribution in [3.8, 4) is 0 Å². The molecule has 2 rings (SSSR count). The van der Waals surface area contributed by atoms with Crippen molar-refractivity contribution in [3.63, 3.8) is 0 Å². The molecule has 0 radical (unpaired) electrons. The molecule has 3 N–H and O–H groups in total. The number of carboxylic acids is 1. The van der Waals surface area contributed by atoms with E-state index in [0.717, 1.165) is 5.56 Å². The van der Waals surface area contributed by atoms with Crippen LogP contribution in [0.4, 0.5) is 10.2 Å². The first-order valence-electron chi connectivity index (χ1n) is 5.78. The summed E-state index contributed by atoms with van der Waals surface area (Å²) in [6, 6.07) is 6.20. The number of anilines is 1. The molecule has 1 heterocycles. The monoisotopic (exact) mass is 263 g/mol. The van der Waals surface area contributed by atoms with Crippen LogP contribution >= 0.6 is 0 Å². The highest BCUT2D eigenvalue weighted by Crippen LogP contribution is 2.18. The molecule has 1 aromatic carbocycles. The van der Waals surface area contributed by atoms with Gasteiger partial charge in [-0.3, -0.25) is 4.68 Å². The van der Waals surface area contributed by atoms with Gasteiger partial charge in [0.1, 0.15) is 17.2 Å². The minimum Gasteiger partial charge on any atom is -0.477 e. The number of halogens is 1. The van der Waals surface area contributed by atoms with Gasteiger partial charge < -0.3 is 10.8 Å². The van der Waals surface area contributed by atoms with Crippen LogP contribution in [0.25, 0.3) is 0 Å². The molecule has 2 aromatic rings. The van der Waals surface area contributed by atoms with Gasteiger partial charge in [-0.15, -0.1) is 0 Å². The van der Waals surface area contributed by atoms with Crippen molar-refractivity contribution in [1.82, 2.24) is 9.78 Å². The van der Waals surface area contributed by atoms with Gasteiger partial charge in [-0.1, -0.05) is 12.1 Å². The second-order valence-electron chi connectivity index (χ2n) is 4.27. The van der Waals surface area contributed by atoms with Crippen molar-refractivity contribution in [2.24, 2.45) is 7.05 Å². The first-order valence-corrected chi connectivity index (χ1v) is 5.78. The first kappa shape index (κ1) is 13.1. The normalized spacial score (nSPS) is 10.6. The van der Waals surface area contributed by atoms with E-state index in [1.165, 1.54) is 16.8 Å². The molecular formula is C13H14FN3O2. The van der Waals surface area contributed by atoms with Crippen LogP contribution in [0.5, 0.6) is 0 Å². The number of hydrogen-bond acceptors (Lipinski definition) is 3. The van der Waals surface area contributed by atoms with E-state index in [9.17, 15) is 9.18 Å². The lowest BCUT2D eigenvalue weighted by atomic mass is 10.1. The molecule has 0 atom stereocenters. The van der Waals surface area contributed by atoms with E-state index in [-0.39, 0.29) is 17.2 Å². The van der Waals surface area contributed by atoms with Crippen molar-refractivity contribution in [3.05, 3.63) is 46.9 Å². The van der Waals surface area contributed by atoms with Gasteiger partial charge in [0.2, 0.25) is 0 Å². The van der Waals surface area contributed by atoms with Gasteiger partial charge in [0, 0.05) is 7.05 Å². The first-order chi connectivity index (χ1) is 8.99. The van der Waals surface area contributed by atoms with Crippen LogP contribution in [-0.2, 0) is 19.9 Å². The third-order valence-electron chi connectivity index (χ3n) is 2.92. The van der Waals surface area contributed by atoms with E-state index in [4.69, 9.17) is 10.8 Å². The predicted molar refractivity (Wildman–Crippen MR) is 68.4 cm³/mol. The maximum Gasteiger partial charge on any atom is 0.341 e. The standard InChI is InChI=1S/C13H14FN3O2/c1-17-12(15)11(13(18)19)10(16-17)6-5-8-3-2-4-9(14)7-8/h2-4,7H,5-6,15H2,1H3,(H,18,19). The summed E-state index contributed by atoms with van der Waals surface area (Å²) < 4.78 is 14.4. The molecule has 19 heavy (non-hydrogen) atoms. The fraction of sp³-hybridized carbons (Fsp3) is 0.231. The van der Waals surface area contributed by atoms with E-state index in [0.29, 0.717) is 18.5 Å². The zero-order valence-corrected chi connectivity index (χ0v) is 10.4. The van der Waals surface area contributed by atoms with E-state index >= 15 is 0 Å². The van der Waals surface area contributed by atoms with Gasteiger partial charge >= 0.3 is 5.97 Å². The molecule has 0 saturated carbocycles. The van der Waals surface area contributed by atoms with Crippen LogP contribution in [0, 0.1) is 5.82 Å². The summed E-state index contributed by atoms with van der Waals surface area (Å²) in [5.41, 5.74) is 6.89. The largest absolute Gasteiger partial charge is 0.477 e. The lowest BCUT2D eigenvalue weighted by molar-refractivity contribution is 0.0697. The summed E-state index contributed by atoms with van der Waals surface area (Å²) in [4.78, 5) is 11.1. The Kier molecular flexibility index (Phi) is 3.50. The molecule has 0 saturated heterocycles. The summed E-state index contributed by atoms with van der Waals surface area (Å²) >= 11 is 0. The Morgan fingerprint density at radius 1 is 1.47 bits per heavy atom. The third kappa shape index (κ3) is 2.73. The number of nitrogens with two attached hydrogens (primary N) is 1. The van der Waals surface area contributed by atoms with Crippen molar-refractivity contribution in [1.29, 1.82) is 0 Å². The molecule has 6 heteroatoms. The van der Waals surface area contributed by atoms with Crippen LogP contribution in [0.15, 0.2) is 24.3 Å². The summed E-state index contributed by atoms with van der Waals surface area (Å²) in [6.07, 6.45) is 0.907. The second-order valence-corrected chi connectivity index (χ2v) is 4.27. The maximum atomic E-state index is 13.0. The highest BCUT2D eigenvalue weighted by atomic mass is 19.1. The molecule has 0 spiro atoms. The average Bonchev–Trinajstić information content (AvgIpc) is 2.63. The van der Waals surface area contributed by atoms with Gasteiger partial charge in [0.25, 0.3) is 0 Å². The molecule has 0 aliphatic carbocycles. The Balaban J connectivity index is 2.20. The fourth-order valence-corrected chi connectivity index (χ4v) is 1.96. The lowest BCUT2D eigenvalue weighted by Crippen LogP contribution is -2.05. The number of hydrogen-bond donors (Lipinski definition) is 2. The summed E-state index contributed by atoms with van der Waals surface area (Å²) in [6.45, 7) is 0. The topological polar surface area (TPSA) is 81.1 Å². The minimum atomic E-state index is -1.10. The summed E-state index contributed by atoms with van der Waals surface area (Å²) in [5, 5.41) is 13.2. The minimum absolute atomic E-state index is 0.0268. The molecule has 0 aliphatic rings. The average molecular weight is 263 g/mol. The number of aromatic nitrogens is 2. The molecule has 1 aromatic heterocycles. The number of carbonyl (C=O) groups is 1. The smallest absolute Gasteiger partial charge is 0.341 e. The van der Waals surface area contributed by atoms with Gasteiger partial charge in [0.15, 0.2) is 0 Å². The maximum absolute atomic E-state index is 13.0. The highest BCUT2D eigenvalue weighted by Gasteiger charge is 2.19. The van der Waals surface area contributed by atoms with Crippen LogP contribution in [0.2, 0.25) is 0 Å². The van der Waals surface area contributed by atoms with Crippen LogP contribution in [-0.4, -0.2) is 20.9 Å². The third-order valence-corrected chi connectivity index (χ3v) is 2.92. The fourth-order valence-electron chi connectivity index (χ4n) is 1.96. The molecule has 0 unspecified atom stereocenters. The Morgan fingerprint density at radius 3 is 2.84 bits per heavy atom. The number of benzene rings is 1. The van der Waals surface area contributed by atoms with Crippen molar-refractivity contribution >= 4 is 11.8 Å². The van der Waals surface area contributed by atoms with Crippen LogP contribution in [0.1, 0.15) is 21.6 Å². The number of aryl methyl sites for hydroxylation is 3. The van der Waals surface area contributed by atoms with E-state index in [2.05, 4.69) is 5.10 Å². The van der Waals surface area contributed by atoms with E-state index in [1.807, 2.05) is 0 Å². The van der Waals surface area contributed by atoms with Gasteiger partial charge in [0.05, 0.1) is 5.69 Å². The number of nitrogens with zero attached hydrogens (tertiary/aromatic N) is 2. The van der Waals surface area contributed by atoms with Crippen molar-refractivity contribution in [2.75, 3.05) is 5.73 Å². The molecule has 100 valence electrons. The van der Waals surface area contributed by atoms with E-state index < -0.39 is 5.97 Å². The molecule has 0 amide bonds. The summed E-state index contributed by atoms with van der Waals surface area (Å²) in [7, 11) is 1.59. The molecule has 0 fully saturated rings. The molecular weight excluding hydrogens is 249 g/mol. The van der Waals surface area contributed by atoms with Gasteiger partial charge in [-0.2, -0.15) is 5.10 Å². The van der Waals surface area contributed by atoms with Crippen molar-refractivity contribution < 1.29 is 14.3 Å². The van der Waals surface area contributed by atoms with E-state index in [1.54, 1.807) is 19.2 Å². The lowest BCUT2D eigenvalue weighted by Gasteiger charge is -2.01. The predicted octanol–water partition coefficient (Wildman–Crippen LogP) is 1.62. The Bertz CT molecular complexity index is 622. The molecule has 5 nitrogen and oxygen atoms in total. The Hall–Kier alpha value is -2.37. The molecule has 0 bridgehead atoms. The highest BCUT2D eigenvalue weighted by molar-refractivity contribution is 5.94. The number of carboxylic acid groups (broad SMARTS) is 1. The summed E-state index contributed by atoms with van der Waals surface area (Å²) in [5.74, 6) is -1.28. The van der Waals surface area contributed by atoms with Crippen molar-refractivity contribution in [2.45, 2.75) is 12.8 Å². The zero-order valence-electron chi connectivity index (χ0n) is 10.4. The number of nitrogen functional groups attached to an aromatic ring is 1. The van der Waals surface area contributed by atoms with Crippen LogP contribution < -0.4 is 5.73 Å². The van der Waals surface area contributed by atoms with Gasteiger partial charge in [-0.25, -0.2) is 9.18 Å². The number of aromatic carboxylic acids is 1.